The number of phosphoric ester groups is 1. The summed E-state index contributed by atoms with van der Waals surface area (Å²) in [5, 5.41) is 0. The van der Waals surface area contributed by atoms with Crippen LogP contribution < -0.4 is 4.89 Å². The van der Waals surface area contributed by atoms with Crippen molar-refractivity contribution in [3.8, 4) is 0 Å². The summed E-state index contributed by atoms with van der Waals surface area (Å²) in [4.78, 5) is 34.1. The van der Waals surface area contributed by atoms with Gasteiger partial charge in [0, 0.05) is 13.3 Å². The van der Waals surface area contributed by atoms with Crippen molar-refractivity contribution in [2.24, 2.45) is 0 Å². The van der Waals surface area contributed by atoms with E-state index in [1.807, 2.05) is 21.1 Å². The van der Waals surface area contributed by atoms with Gasteiger partial charge in [0.15, 0.2) is 6.10 Å². The zero-order chi connectivity index (χ0) is 18.8. The number of phosphoric acid groups is 1. The minimum atomic E-state index is -4.53. The van der Waals surface area contributed by atoms with Crippen LogP contribution in [0.3, 0.4) is 0 Å². The first-order chi connectivity index (χ1) is 10.9. The molecule has 0 aromatic carbocycles. The van der Waals surface area contributed by atoms with Crippen molar-refractivity contribution in [1.82, 2.24) is 0 Å². The Hall–Kier alpha value is -0.990. The molecular weight excluding hydrogens is 341 g/mol. The lowest BCUT2D eigenvalue weighted by Gasteiger charge is -2.28. The van der Waals surface area contributed by atoms with Crippen LogP contribution in [0.4, 0.5) is 0 Å². The molecule has 0 aromatic heterocycles. The van der Waals surface area contributed by atoms with Crippen LogP contribution in [0, 0.1) is 0 Å². The summed E-state index contributed by atoms with van der Waals surface area (Å²) in [6.45, 7) is 2.66. The number of carbonyl (C=O) groups excluding carboxylic acids is 2. The SMILES string of the molecule is CCCC(=O)OC(COC(C)=O)COP(=O)([O-])OCC[N+](C)(C)C. The summed E-state index contributed by atoms with van der Waals surface area (Å²) >= 11 is 0. The quantitative estimate of drug-likeness (QED) is 0.277. The summed E-state index contributed by atoms with van der Waals surface area (Å²) in [5.74, 6) is -1.10. The van der Waals surface area contributed by atoms with E-state index in [2.05, 4.69) is 0 Å². The number of nitrogens with zero attached hydrogens (tertiary/aromatic N) is 1. The number of ether oxygens (including phenoxy) is 2. The first kappa shape index (κ1) is 23.0. The molecule has 0 spiro atoms. The van der Waals surface area contributed by atoms with Gasteiger partial charge in [-0.3, -0.25) is 14.2 Å². The van der Waals surface area contributed by atoms with E-state index in [0.717, 1.165) is 0 Å². The smallest absolute Gasteiger partial charge is 0.306 e. The van der Waals surface area contributed by atoms with E-state index in [1.165, 1.54) is 6.92 Å². The first-order valence-corrected chi connectivity index (χ1v) is 9.14. The Morgan fingerprint density at radius 3 is 2.29 bits per heavy atom. The Morgan fingerprint density at radius 2 is 1.79 bits per heavy atom. The first-order valence-electron chi connectivity index (χ1n) is 7.68. The van der Waals surface area contributed by atoms with Crippen molar-refractivity contribution in [2.45, 2.75) is 32.8 Å². The van der Waals surface area contributed by atoms with E-state index >= 15 is 0 Å². The van der Waals surface area contributed by atoms with Crippen LogP contribution in [0.15, 0.2) is 0 Å². The van der Waals surface area contributed by atoms with E-state index in [9.17, 15) is 19.0 Å². The largest absolute Gasteiger partial charge is 0.756 e. The molecule has 0 saturated heterocycles. The minimum absolute atomic E-state index is 0.0332. The summed E-state index contributed by atoms with van der Waals surface area (Å²) in [5.41, 5.74) is 0. The van der Waals surface area contributed by atoms with Gasteiger partial charge in [-0.2, -0.15) is 0 Å². The molecule has 2 unspecified atom stereocenters. The number of likely N-dealkylation sites (N-methyl/N-ethyl adjacent to an activating group) is 1. The Balaban J connectivity index is 4.46. The second kappa shape index (κ2) is 10.8. The van der Waals surface area contributed by atoms with Gasteiger partial charge in [0.2, 0.25) is 0 Å². The molecule has 24 heavy (non-hydrogen) atoms. The van der Waals surface area contributed by atoms with Crippen molar-refractivity contribution in [3.05, 3.63) is 0 Å². The third kappa shape index (κ3) is 13.4. The highest BCUT2D eigenvalue weighted by molar-refractivity contribution is 7.45. The van der Waals surface area contributed by atoms with Crippen LogP contribution in [-0.2, 0) is 32.7 Å². The van der Waals surface area contributed by atoms with Crippen molar-refractivity contribution in [3.63, 3.8) is 0 Å². The Labute approximate surface area is 143 Å². The summed E-state index contributed by atoms with van der Waals surface area (Å²) < 4.78 is 31.5. The predicted molar refractivity (Wildman–Crippen MR) is 83.8 cm³/mol. The average Bonchev–Trinajstić information content (AvgIpc) is 2.40. The molecule has 0 aliphatic heterocycles. The molecule has 0 aliphatic rings. The van der Waals surface area contributed by atoms with Gasteiger partial charge in [-0.1, -0.05) is 6.92 Å². The Morgan fingerprint density at radius 1 is 1.17 bits per heavy atom. The number of rotatable bonds is 12. The van der Waals surface area contributed by atoms with Gasteiger partial charge in [0.05, 0.1) is 27.7 Å². The molecule has 142 valence electrons. The normalized spacial score (nSPS) is 15.4. The van der Waals surface area contributed by atoms with Crippen molar-refractivity contribution in [1.29, 1.82) is 0 Å². The fraction of sp³-hybridized carbons (Fsp3) is 0.857. The van der Waals surface area contributed by atoms with E-state index in [4.69, 9.17) is 18.5 Å². The van der Waals surface area contributed by atoms with Crippen LogP contribution >= 0.6 is 7.82 Å². The molecule has 0 amide bonds. The highest BCUT2D eigenvalue weighted by atomic mass is 31.2. The molecule has 0 aliphatic carbocycles. The van der Waals surface area contributed by atoms with Crippen molar-refractivity contribution < 1.29 is 42.1 Å². The van der Waals surface area contributed by atoms with Gasteiger partial charge in [0.25, 0.3) is 7.82 Å². The Kier molecular flexibility index (Phi) is 10.3. The summed E-state index contributed by atoms with van der Waals surface area (Å²) in [6.07, 6.45) is -0.267. The van der Waals surface area contributed by atoms with Gasteiger partial charge in [-0.15, -0.1) is 0 Å². The van der Waals surface area contributed by atoms with Gasteiger partial charge in [-0.25, -0.2) is 0 Å². The molecular formula is C14H28NO8P. The molecule has 10 heteroatoms. The monoisotopic (exact) mass is 369 g/mol. The van der Waals surface area contributed by atoms with Crippen molar-refractivity contribution in [2.75, 3.05) is 47.5 Å². The number of quaternary nitrogens is 1. The zero-order valence-electron chi connectivity index (χ0n) is 15.0. The molecule has 0 fully saturated rings. The van der Waals surface area contributed by atoms with Crippen LogP contribution in [-0.4, -0.2) is 70.0 Å². The molecule has 2 atom stereocenters. The molecule has 0 saturated carbocycles. The zero-order valence-corrected chi connectivity index (χ0v) is 15.9. The number of hydrogen-bond donors (Lipinski definition) is 0. The van der Waals surface area contributed by atoms with Crippen LogP contribution in [0.1, 0.15) is 26.7 Å². The van der Waals surface area contributed by atoms with E-state index < -0.39 is 32.5 Å². The molecule has 0 radical (unpaired) electrons. The van der Waals surface area contributed by atoms with Gasteiger partial charge >= 0.3 is 11.9 Å². The number of hydrogen-bond acceptors (Lipinski definition) is 8. The molecule has 0 aromatic rings. The highest BCUT2D eigenvalue weighted by Gasteiger charge is 2.20. The van der Waals surface area contributed by atoms with Crippen LogP contribution in [0.2, 0.25) is 0 Å². The topological polar surface area (TPSA) is 111 Å². The standard InChI is InChI=1S/C14H28NO8P/c1-6-7-14(17)23-13(10-20-12(2)16)11-22-24(18,19)21-9-8-15(3,4)5/h13H,6-11H2,1-5H3. The van der Waals surface area contributed by atoms with Crippen LogP contribution in [0.5, 0.6) is 0 Å². The van der Waals surface area contributed by atoms with E-state index in [1.54, 1.807) is 6.92 Å². The maximum atomic E-state index is 11.7. The molecule has 0 N–H and O–H groups in total. The molecule has 0 heterocycles. The second-order valence-corrected chi connectivity index (χ2v) is 7.67. The maximum absolute atomic E-state index is 11.7. The van der Waals surface area contributed by atoms with Gasteiger partial charge in [-0.05, 0) is 6.42 Å². The van der Waals surface area contributed by atoms with Gasteiger partial charge < -0.3 is 27.9 Å². The molecule has 0 bridgehead atoms. The second-order valence-electron chi connectivity index (χ2n) is 6.25. The highest BCUT2D eigenvalue weighted by Crippen LogP contribution is 2.38. The predicted octanol–water partition coefficient (Wildman–Crippen LogP) is 0.469. The summed E-state index contributed by atoms with van der Waals surface area (Å²) in [6, 6.07) is 0. The third-order valence-corrected chi connectivity index (χ3v) is 3.62. The van der Waals surface area contributed by atoms with Crippen LogP contribution in [0.25, 0.3) is 0 Å². The third-order valence-electron chi connectivity index (χ3n) is 2.65. The lowest BCUT2D eigenvalue weighted by molar-refractivity contribution is -0.870. The minimum Gasteiger partial charge on any atom is -0.756 e. The Bertz CT molecular complexity index is 449. The number of carbonyl (C=O) groups is 2. The number of esters is 2. The lowest BCUT2D eigenvalue weighted by atomic mass is 10.3. The fourth-order valence-corrected chi connectivity index (χ4v) is 2.14. The fourth-order valence-electron chi connectivity index (χ4n) is 1.41. The van der Waals surface area contributed by atoms with E-state index in [-0.39, 0.29) is 19.6 Å². The van der Waals surface area contributed by atoms with Crippen molar-refractivity contribution >= 4 is 19.8 Å². The lowest BCUT2D eigenvalue weighted by Crippen LogP contribution is -2.37. The van der Waals surface area contributed by atoms with E-state index in [0.29, 0.717) is 17.4 Å². The molecule has 9 nitrogen and oxygen atoms in total. The average molecular weight is 369 g/mol. The maximum Gasteiger partial charge on any atom is 0.306 e. The van der Waals surface area contributed by atoms with Gasteiger partial charge in [0.1, 0.15) is 19.8 Å². The molecule has 0 rings (SSSR count). The summed E-state index contributed by atoms with van der Waals surface area (Å²) in [7, 11) is 1.14.